The molecule has 7 nitrogen and oxygen atoms in total. The van der Waals surface area contributed by atoms with E-state index in [0.717, 1.165) is 20.8 Å². The summed E-state index contributed by atoms with van der Waals surface area (Å²) in [7, 11) is 1.29. The average molecular weight is 446 g/mol. The van der Waals surface area contributed by atoms with E-state index in [1.54, 1.807) is 23.5 Å². The van der Waals surface area contributed by atoms with Gasteiger partial charge in [0.25, 0.3) is 0 Å². The zero-order valence-corrected chi connectivity index (χ0v) is 18.2. The van der Waals surface area contributed by atoms with Crippen molar-refractivity contribution in [2.75, 3.05) is 17.7 Å². The Bertz CT molecular complexity index is 1310. The summed E-state index contributed by atoms with van der Waals surface area (Å²) < 4.78 is 5.74. The van der Waals surface area contributed by atoms with Crippen LogP contribution in [-0.2, 0) is 14.3 Å². The van der Waals surface area contributed by atoms with Crippen LogP contribution in [0.1, 0.15) is 15.9 Å². The van der Waals surface area contributed by atoms with Gasteiger partial charge in [-0.15, -0.1) is 11.3 Å². The van der Waals surface area contributed by atoms with E-state index in [2.05, 4.69) is 26.4 Å². The number of aryl methyl sites for hydroxylation is 1. The van der Waals surface area contributed by atoms with Gasteiger partial charge < -0.3 is 15.4 Å². The summed E-state index contributed by atoms with van der Waals surface area (Å²) in [6.45, 7) is 2.05. The second-order valence-electron chi connectivity index (χ2n) is 7.04. The smallest absolute Gasteiger partial charge is 0.337 e. The molecule has 0 unspecified atom stereocenters. The van der Waals surface area contributed by atoms with Gasteiger partial charge >= 0.3 is 17.8 Å². The number of methoxy groups -OCH3 is 1. The van der Waals surface area contributed by atoms with Crippen LogP contribution < -0.4 is 10.6 Å². The summed E-state index contributed by atoms with van der Waals surface area (Å²) in [5.74, 6) is -2.10. The molecule has 32 heavy (non-hydrogen) atoms. The minimum Gasteiger partial charge on any atom is -0.465 e. The number of fused-ring (bicyclic) bond motifs is 1. The van der Waals surface area contributed by atoms with Crippen molar-refractivity contribution in [3.63, 3.8) is 0 Å². The first-order valence-corrected chi connectivity index (χ1v) is 10.5. The minimum atomic E-state index is -0.818. The van der Waals surface area contributed by atoms with Gasteiger partial charge in [-0.2, -0.15) is 0 Å². The fourth-order valence-electron chi connectivity index (χ4n) is 3.03. The molecule has 0 atom stereocenters. The fraction of sp³-hybridized carbons (Fsp3) is 0.0833. The van der Waals surface area contributed by atoms with Crippen molar-refractivity contribution in [1.29, 1.82) is 0 Å². The van der Waals surface area contributed by atoms with E-state index in [4.69, 9.17) is 0 Å². The van der Waals surface area contributed by atoms with Crippen molar-refractivity contribution in [1.82, 2.24) is 4.98 Å². The van der Waals surface area contributed by atoms with E-state index in [-0.39, 0.29) is 0 Å². The molecule has 160 valence electrons. The third-order valence-electron chi connectivity index (χ3n) is 4.70. The van der Waals surface area contributed by atoms with Crippen LogP contribution in [0.5, 0.6) is 0 Å². The Labute approximate surface area is 188 Å². The van der Waals surface area contributed by atoms with E-state index >= 15 is 0 Å². The number of nitrogens with one attached hydrogen (secondary N) is 2. The molecule has 2 N–H and O–H groups in total. The lowest BCUT2D eigenvalue weighted by Crippen LogP contribution is -2.29. The van der Waals surface area contributed by atoms with E-state index in [9.17, 15) is 14.4 Å². The van der Waals surface area contributed by atoms with Crippen molar-refractivity contribution in [2.45, 2.75) is 6.92 Å². The number of carbonyl (C=O) groups excluding carboxylic acids is 3. The molecular formula is C24H19N3O4S. The number of hydrogen-bond acceptors (Lipinski definition) is 6. The highest BCUT2D eigenvalue weighted by Crippen LogP contribution is 2.31. The number of benzene rings is 3. The number of hydrogen-bond donors (Lipinski definition) is 2. The van der Waals surface area contributed by atoms with Gasteiger partial charge in [0.05, 0.1) is 22.9 Å². The summed E-state index contributed by atoms with van der Waals surface area (Å²) in [5.41, 5.74) is 4.29. The third-order valence-corrected chi connectivity index (χ3v) is 5.77. The lowest BCUT2D eigenvalue weighted by atomic mass is 10.2. The van der Waals surface area contributed by atoms with Crippen LogP contribution in [0.4, 0.5) is 11.4 Å². The normalized spacial score (nSPS) is 10.6. The Morgan fingerprint density at radius 3 is 2.03 bits per heavy atom. The molecular weight excluding hydrogens is 426 g/mol. The van der Waals surface area contributed by atoms with Gasteiger partial charge in [-0.05, 0) is 73.2 Å². The Hall–Kier alpha value is -4.04. The molecule has 0 saturated carbocycles. The molecule has 0 aliphatic heterocycles. The van der Waals surface area contributed by atoms with Gasteiger partial charge in [0.1, 0.15) is 5.01 Å². The predicted octanol–water partition coefficient (Wildman–Crippen LogP) is 4.64. The van der Waals surface area contributed by atoms with Crippen molar-refractivity contribution >= 4 is 50.7 Å². The number of esters is 1. The van der Waals surface area contributed by atoms with Crippen LogP contribution in [0.2, 0.25) is 0 Å². The zero-order valence-electron chi connectivity index (χ0n) is 17.3. The summed E-state index contributed by atoms with van der Waals surface area (Å²) in [4.78, 5) is 40.5. The van der Waals surface area contributed by atoms with Crippen LogP contribution in [-0.4, -0.2) is 29.9 Å². The molecule has 8 heteroatoms. The summed E-state index contributed by atoms with van der Waals surface area (Å²) >= 11 is 1.60. The monoisotopic (exact) mass is 445 g/mol. The molecule has 1 heterocycles. The van der Waals surface area contributed by atoms with Crippen molar-refractivity contribution in [2.24, 2.45) is 0 Å². The fourth-order valence-corrected chi connectivity index (χ4v) is 4.10. The topological polar surface area (TPSA) is 97.4 Å². The molecule has 0 bridgehead atoms. The van der Waals surface area contributed by atoms with E-state index in [1.807, 2.05) is 31.2 Å². The van der Waals surface area contributed by atoms with E-state index < -0.39 is 17.8 Å². The molecule has 3 aromatic carbocycles. The SMILES string of the molecule is COC(=O)c1ccc(NC(=O)C(=O)Nc2ccc(-c3nc4ccc(C)cc4s3)cc2)cc1. The van der Waals surface area contributed by atoms with Gasteiger partial charge in [-0.25, -0.2) is 9.78 Å². The first-order valence-electron chi connectivity index (χ1n) is 9.71. The van der Waals surface area contributed by atoms with E-state index in [1.165, 1.54) is 36.9 Å². The molecule has 4 aromatic rings. The van der Waals surface area contributed by atoms with Gasteiger partial charge in [-0.3, -0.25) is 9.59 Å². The highest BCUT2D eigenvalue weighted by molar-refractivity contribution is 7.21. The molecule has 0 aliphatic carbocycles. The molecule has 0 aliphatic rings. The van der Waals surface area contributed by atoms with Crippen molar-refractivity contribution in [3.05, 3.63) is 77.9 Å². The summed E-state index contributed by atoms with van der Waals surface area (Å²) in [5, 5.41) is 5.95. The predicted molar refractivity (Wildman–Crippen MR) is 125 cm³/mol. The number of anilines is 2. The van der Waals surface area contributed by atoms with Crippen molar-refractivity contribution in [3.8, 4) is 10.6 Å². The number of rotatable bonds is 4. The van der Waals surface area contributed by atoms with E-state index in [0.29, 0.717) is 16.9 Å². The number of aromatic nitrogens is 1. The van der Waals surface area contributed by atoms with Gasteiger partial charge in [0, 0.05) is 16.9 Å². The molecule has 0 saturated heterocycles. The van der Waals surface area contributed by atoms with Crippen LogP contribution in [0.25, 0.3) is 20.8 Å². The van der Waals surface area contributed by atoms with Gasteiger partial charge in [-0.1, -0.05) is 6.07 Å². The number of ether oxygens (including phenoxy) is 1. The Balaban J connectivity index is 1.39. The molecule has 1 aromatic heterocycles. The van der Waals surface area contributed by atoms with Gasteiger partial charge in [0.2, 0.25) is 0 Å². The van der Waals surface area contributed by atoms with Crippen LogP contribution in [0.15, 0.2) is 66.7 Å². The lowest BCUT2D eigenvalue weighted by molar-refractivity contribution is -0.132. The zero-order chi connectivity index (χ0) is 22.7. The van der Waals surface area contributed by atoms with Crippen LogP contribution in [0, 0.1) is 6.92 Å². The third kappa shape index (κ3) is 4.65. The average Bonchev–Trinajstić information content (AvgIpc) is 3.22. The standard InChI is InChI=1S/C24H19N3O4S/c1-14-3-12-19-20(13-14)32-23(27-19)15-4-8-17(9-5-15)25-21(28)22(29)26-18-10-6-16(7-11-18)24(30)31-2/h3-13H,1-2H3,(H,25,28)(H,26,29). The first kappa shape index (κ1) is 21.2. The second-order valence-corrected chi connectivity index (χ2v) is 8.08. The molecule has 4 rings (SSSR count). The van der Waals surface area contributed by atoms with Gasteiger partial charge in [0.15, 0.2) is 0 Å². The van der Waals surface area contributed by atoms with Crippen LogP contribution in [0.3, 0.4) is 0 Å². The largest absolute Gasteiger partial charge is 0.465 e. The maximum atomic E-state index is 12.2. The second kappa shape index (κ2) is 8.99. The lowest BCUT2D eigenvalue weighted by Gasteiger charge is -2.07. The highest BCUT2D eigenvalue weighted by atomic mass is 32.1. The Morgan fingerprint density at radius 1 is 0.844 bits per heavy atom. The number of thiazole rings is 1. The number of carbonyl (C=O) groups is 3. The highest BCUT2D eigenvalue weighted by Gasteiger charge is 2.15. The molecule has 0 radical (unpaired) electrons. The Morgan fingerprint density at radius 2 is 1.44 bits per heavy atom. The summed E-state index contributed by atoms with van der Waals surface area (Å²) in [6, 6.07) is 19.3. The first-order chi connectivity index (χ1) is 15.4. The van der Waals surface area contributed by atoms with Crippen LogP contribution >= 0.6 is 11.3 Å². The molecule has 0 spiro atoms. The number of amides is 2. The summed E-state index contributed by atoms with van der Waals surface area (Å²) in [6.07, 6.45) is 0. The maximum Gasteiger partial charge on any atom is 0.337 e. The Kier molecular flexibility index (Phi) is 5.96. The number of nitrogens with zero attached hydrogens (tertiary/aromatic N) is 1. The molecule has 2 amide bonds. The minimum absolute atomic E-state index is 0.346. The maximum absolute atomic E-state index is 12.2. The quantitative estimate of drug-likeness (QED) is 0.352. The van der Waals surface area contributed by atoms with Crippen molar-refractivity contribution < 1.29 is 19.1 Å². The molecule has 0 fully saturated rings.